The van der Waals surface area contributed by atoms with Gasteiger partial charge in [0.1, 0.15) is 17.7 Å². The Hall–Kier alpha value is -3.19. The third kappa shape index (κ3) is 5.34. The van der Waals surface area contributed by atoms with E-state index < -0.39 is 12.0 Å². The van der Waals surface area contributed by atoms with Gasteiger partial charge >= 0.3 is 0 Å². The molecule has 2 aromatic carbocycles. The highest BCUT2D eigenvalue weighted by Gasteiger charge is 2.28. The van der Waals surface area contributed by atoms with E-state index in [4.69, 9.17) is 10.5 Å². The maximum atomic E-state index is 14.3. The van der Waals surface area contributed by atoms with E-state index in [0.717, 1.165) is 5.56 Å². The number of nitrogens with two attached hydrogens (primary N) is 1. The monoisotopic (exact) mass is 439 g/mol. The number of hydrogen-bond donors (Lipinski definition) is 1. The van der Waals surface area contributed by atoms with Crippen LogP contribution in [-0.2, 0) is 4.79 Å². The van der Waals surface area contributed by atoms with Crippen LogP contribution < -0.4 is 10.5 Å². The second-order valence-corrected chi connectivity index (χ2v) is 8.30. The first-order chi connectivity index (χ1) is 15.2. The number of primary amides is 1. The SMILES string of the molecule is C=CC(=O)N1CCN(C[C@@H](Oc2ccc(C(N)=O)c(C)c2)c2ccc(C)c(F)c2)C[C@H]1C. The summed E-state index contributed by atoms with van der Waals surface area (Å²) in [7, 11) is 0. The smallest absolute Gasteiger partial charge is 0.248 e. The number of nitrogens with zero attached hydrogens (tertiary/aromatic N) is 2. The van der Waals surface area contributed by atoms with Gasteiger partial charge < -0.3 is 15.4 Å². The van der Waals surface area contributed by atoms with Gasteiger partial charge in [0.05, 0.1) is 0 Å². The van der Waals surface area contributed by atoms with E-state index in [2.05, 4.69) is 11.5 Å². The summed E-state index contributed by atoms with van der Waals surface area (Å²) >= 11 is 0. The molecule has 3 rings (SSSR count). The minimum atomic E-state index is -0.493. The fourth-order valence-electron chi connectivity index (χ4n) is 4.05. The number of carbonyl (C=O) groups excluding carboxylic acids is 2. The van der Waals surface area contributed by atoms with Crippen LogP contribution in [0.3, 0.4) is 0 Å². The second-order valence-electron chi connectivity index (χ2n) is 8.30. The Morgan fingerprint density at radius 2 is 1.97 bits per heavy atom. The van der Waals surface area contributed by atoms with Gasteiger partial charge in [-0.3, -0.25) is 14.5 Å². The van der Waals surface area contributed by atoms with Crippen LogP contribution in [0.15, 0.2) is 49.1 Å². The summed E-state index contributed by atoms with van der Waals surface area (Å²) in [5.41, 5.74) is 7.85. The average molecular weight is 440 g/mol. The minimum Gasteiger partial charge on any atom is -0.484 e. The topological polar surface area (TPSA) is 75.9 Å². The molecule has 1 heterocycles. The largest absolute Gasteiger partial charge is 0.484 e. The Bertz CT molecular complexity index is 1020. The highest BCUT2D eigenvalue weighted by atomic mass is 19.1. The minimum absolute atomic E-state index is 0.0294. The molecule has 170 valence electrons. The molecule has 0 aromatic heterocycles. The van der Waals surface area contributed by atoms with Gasteiger partial charge in [-0.05, 0) is 67.8 Å². The van der Waals surface area contributed by atoms with Gasteiger partial charge in [-0.15, -0.1) is 0 Å². The van der Waals surface area contributed by atoms with Crippen LogP contribution in [0.25, 0.3) is 0 Å². The molecule has 1 fully saturated rings. The fraction of sp³-hybridized carbons (Fsp3) is 0.360. The zero-order chi connectivity index (χ0) is 23.4. The molecule has 2 atom stereocenters. The van der Waals surface area contributed by atoms with Crippen molar-refractivity contribution in [1.82, 2.24) is 9.80 Å². The van der Waals surface area contributed by atoms with Crippen LogP contribution in [0.2, 0.25) is 0 Å². The van der Waals surface area contributed by atoms with Crippen LogP contribution in [0.1, 0.15) is 40.1 Å². The first-order valence-corrected chi connectivity index (χ1v) is 10.7. The van der Waals surface area contributed by atoms with Gasteiger partial charge in [0.25, 0.3) is 0 Å². The van der Waals surface area contributed by atoms with E-state index in [1.807, 2.05) is 13.0 Å². The number of amides is 2. The molecule has 2 N–H and O–H groups in total. The van der Waals surface area contributed by atoms with Crippen molar-refractivity contribution in [3.05, 3.63) is 77.1 Å². The van der Waals surface area contributed by atoms with Gasteiger partial charge in [-0.2, -0.15) is 0 Å². The van der Waals surface area contributed by atoms with Gasteiger partial charge in [0.2, 0.25) is 11.8 Å². The lowest BCUT2D eigenvalue weighted by Crippen LogP contribution is -2.54. The molecule has 1 saturated heterocycles. The summed E-state index contributed by atoms with van der Waals surface area (Å²) in [6.07, 6.45) is 0.906. The molecule has 0 saturated carbocycles. The number of hydrogen-bond acceptors (Lipinski definition) is 4. The predicted molar refractivity (Wildman–Crippen MR) is 122 cm³/mol. The van der Waals surface area contributed by atoms with Crippen LogP contribution in [-0.4, -0.2) is 53.8 Å². The van der Waals surface area contributed by atoms with E-state index in [9.17, 15) is 14.0 Å². The first kappa shape index (κ1) is 23.5. The van der Waals surface area contributed by atoms with Gasteiger partial charge in [-0.1, -0.05) is 18.7 Å². The molecule has 1 aliphatic heterocycles. The van der Waals surface area contributed by atoms with Crippen LogP contribution in [0, 0.1) is 19.7 Å². The van der Waals surface area contributed by atoms with Crippen LogP contribution >= 0.6 is 0 Å². The standard InChI is InChI=1S/C25H30FN3O3/c1-5-24(30)29-11-10-28(14-18(29)4)15-23(19-7-6-16(2)22(26)13-19)32-20-8-9-21(25(27)31)17(3)12-20/h5-9,12-13,18,23H,1,10-11,14-15H2,2-4H3,(H2,27,31)/t18-,23-/m1/s1. The molecule has 0 aliphatic carbocycles. The highest BCUT2D eigenvalue weighted by Crippen LogP contribution is 2.27. The van der Waals surface area contributed by atoms with Crippen molar-refractivity contribution < 1.29 is 18.7 Å². The number of benzene rings is 2. The Balaban J connectivity index is 1.83. The average Bonchev–Trinajstić information content (AvgIpc) is 2.74. The number of carbonyl (C=O) groups is 2. The quantitative estimate of drug-likeness (QED) is 0.671. The van der Waals surface area contributed by atoms with E-state index in [1.54, 1.807) is 43.0 Å². The molecular formula is C25H30FN3O3. The van der Waals surface area contributed by atoms with Crippen LogP contribution in [0.5, 0.6) is 5.75 Å². The summed E-state index contributed by atoms with van der Waals surface area (Å²) in [6, 6.07) is 10.3. The van der Waals surface area contributed by atoms with Crippen molar-refractivity contribution >= 4 is 11.8 Å². The third-order valence-electron chi connectivity index (χ3n) is 5.90. The molecule has 2 amide bonds. The number of rotatable bonds is 7. The molecule has 7 heteroatoms. The maximum absolute atomic E-state index is 14.3. The summed E-state index contributed by atoms with van der Waals surface area (Å²) in [5.74, 6) is -0.277. The first-order valence-electron chi connectivity index (χ1n) is 10.7. The van der Waals surface area contributed by atoms with Crippen molar-refractivity contribution in [2.24, 2.45) is 5.73 Å². The molecule has 6 nitrogen and oxygen atoms in total. The second kappa shape index (κ2) is 9.96. The molecule has 32 heavy (non-hydrogen) atoms. The molecule has 0 radical (unpaired) electrons. The van der Waals surface area contributed by atoms with E-state index >= 15 is 0 Å². The van der Waals surface area contributed by atoms with Crippen molar-refractivity contribution in [1.29, 1.82) is 0 Å². The zero-order valence-electron chi connectivity index (χ0n) is 18.8. The van der Waals surface area contributed by atoms with Crippen molar-refractivity contribution in [3.8, 4) is 5.75 Å². The maximum Gasteiger partial charge on any atom is 0.248 e. The van der Waals surface area contributed by atoms with Crippen molar-refractivity contribution in [2.45, 2.75) is 32.9 Å². The fourth-order valence-corrected chi connectivity index (χ4v) is 4.05. The zero-order valence-corrected chi connectivity index (χ0v) is 18.8. The Morgan fingerprint density at radius 1 is 1.22 bits per heavy atom. The normalized spacial score (nSPS) is 17.6. The molecule has 1 aliphatic rings. The molecule has 0 bridgehead atoms. The molecular weight excluding hydrogens is 409 g/mol. The number of piperazine rings is 1. The van der Waals surface area contributed by atoms with Gasteiger partial charge in [-0.25, -0.2) is 4.39 Å². The van der Waals surface area contributed by atoms with Crippen molar-refractivity contribution in [2.75, 3.05) is 26.2 Å². The molecule has 2 aromatic rings. The van der Waals surface area contributed by atoms with Gasteiger partial charge in [0.15, 0.2) is 0 Å². The third-order valence-corrected chi connectivity index (χ3v) is 5.90. The molecule has 0 unspecified atom stereocenters. The van der Waals surface area contributed by atoms with E-state index in [-0.39, 0.29) is 17.8 Å². The summed E-state index contributed by atoms with van der Waals surface area (Å²) < 4.78 is 20.6. The molecule has 0 spiro atoms. The predicted octanol–water partition coefficient (Wildman–Crippen LogP) is 3.38. The lowest BCUT2D eigenvalue weighted by molar-refractivity contribution is -0.130. The van der Waals surface area contributed by atoms with Crippen LogP contribution in [0.4, 0.5) is 4.39 Å². The lowest BCUT2D eigenvalue weighted by Gasteiger charge is -2.40. The summed E-state index contributed by atoms with van der Waals surface area (Å²) in [5, 5.41) is 0. The Morgan fingerprint density at radius 3 is 2.56 bits per heavy atom. The van der Waals surface area contributed by atoms with E-state index in [0.29, 0.717) is 48.6 Å². The van der Waals surface area contributed by atoms with Gasteiger partial charge in [0, 0.05) is 37.8 Å². The number of aryl methyl sites for hydroxylation is 2. The highest BCUT2D eigenvalue weighted by molar-refractivity contribution is 5.94. The Kier molecular flexibility index (Phi) is 7.30. The summed E-state index contributed by atoms with van der Waals surface area (Å²) in [6.45, 7) is 11.6. The number of ether oxygens (including phenoxy) is 1. The lowest BCUT2D eigenvalue weighted by atomic mass is 10.0. The van der Waals surface area contributed by atoms with Crippen molar-refractivity contribution in [3.63, 3.8) is 0 Å². The summed E-state index contributed by atoms with van der Waals surface area (Å²) in [4.78, 5) is 27.6. The number of halogens is 1. The van der Waals surface area contributed by atoms with E-state index in [1.165, 1.54) is 12.1 Å². The Labute approximate surface area is 188 Å².